The molecule has 2 aromatic carbocycles. The summed E-state index contributed by atoms with van der Waals surface area (Å²) in [4.78, 5) is 16.4. The number of rotatable bonds is 5. The van der Waals surface area contributed by atoms with Crippen LogP contribution in [0.3, 0.4) is 0 Å². The van der Waals surface area contributed by atoms with E-state index in [1.165, 1.54) is 21.3 Å². The number of aromatic nitrogens is 1. The Morgan fingerprint density at radius 2 is 1.62 bits per heavy atom. The van der Waals surface area contributed by atoms with E-state index < -0.39 is 5.97 Å². The van der Waals surface area contributed by atoms with Crippen LogP contribution in [0.1, 0.15) is 15.9 Å². The Morgan fingerprint density at radius 1 is 0.962 bits per heavy atom. The average molecular weight is 353 g/mol. The third-order valence-electron chi connectivity index (χ3n) is 4.16. The summed E-state index contributed by atoms with van der Waals surface area (Å²) in [6.45, 7) is 1.91. The lowest BCUT2D eigenvalue weighted by Crippen LogP contribution is -2.01. The lowest BCUT2D eigenvalue weighted by Gasteiger charge is -2.14. The minimum atomic E-state index is -1.00. The van der Waals surface area contributed by atoms with E-state index in [9.17, 15) is 9.90 Å². The van der Waals surface area contributed by atoms with Crippen molar-refractivity contribution >= 4 is 16.9 Å². The number of fused-ring (bicyclic) bond motifs is 1. The number of pyridine rings is 1. The summed E-state index contributed by atoms with van der Waals surface area (Å²) >= 11 is 0. The van der Waals surface area contributed by atoms with Crippen molar-refractivity contribution in [2.45, 2.75) is 6.92 Å². The number of ether oxygens (including phenoxy) is 3. The van der Waals surface area contributed by atoms with E-state index in [0.29, 0.717) is 39.4 Å². The predicted molar refractivity (Wildman–Crippen MR) is 98.5 cm³/mol. The summed E-state index contributed by atoms with van der Waals surface area (Å²) < 4.78 is 16.1. The summed E-state index contributed by atoms with van der Waals surface area (Å²) in [7, 11) is 4.58. The van der Waals surface area contributed by atoms with Gasteiger partial charge in [-0.15, -0.1) is 0 Å². The Kier molecular flexibility index (Phi) is 4.67. The van der Waals surface area contributed by atoms with Gasteiger partial charge in [0.05, 0.1) is 38.1 Å². The molecule has 6 nitrogen and oxygen atoms in total. The van der Waals surface area contributed by atoms with Crippen LogP contribution in [0, 0.1) is 6.92 Å². The summed E-state index contributed by atoms with van der Waals surface area (Å²) in [6, 6.07) is 10.6. The fourth-order valence-electron chi connectivity index (χ4n) is 2.89. The molecule has 0 unspecified atom stereocenters. The van der Waals surface area contributed by atoms with E-state index in [2.05, 4.69) is 4.98 Å². The van der Waals surface area contributed by atoms with Gasteiger partial charge in [0.15, 0.2) is 11.5 Å². The zero-order valence-corrected chi connectivity index (χ0v) is 15.0. The minimum Gasteiger partial charge on any atom is -0.493 e. The number of nitrogens with zero attached hydrogens (tertiary/aromatic N) is 1. The first kappa shape index (κ1) is 17.5. The molecule has 0 aliphatic heterocycles. The van der Waals surface area contributed by atoms with Gasteiger partial charge in [-0.3, -0.25) is 0 Å². The number of methoxy groups -OCH3 is 3. The van der Waals surface area contributed by atoms with Crippen LogP contribution < -0.4 is 14.2 Å². The third-order valence-corrected chi connectivity index (χ3v) is 4.16. The Balaban J connectivity index is 2.29. The van der Waals surface area contributed by atoms with Crippen molar-refractivity contribution < 1.29 is 24.1 Å². The van der Waals surface area contributed by atoms with Crippen LogP contribution in [-0.4, -0.2) is 37.4 Å². The highest BCUT2D eigenvalue weighted by Crippen LogP contribution is 2.41. The number of aryl methyl sites for hydroxylation is 1. The molecule has 1 aromatic heterocycles. The van der Waals surface area contributed by atoms with Crippen LogP contribution >= 0.6 is 0 Å². The molecular formula is C20H19NO5. The normalized spacial score (nSPS) is 10.6. The lowest BCUT2D eigenvalue weighted by atomic mass is 10.0. The SMILES string of the molecule is COc1cc(-c2cc(C(=O)O)c3cc(C)ccc3n2)cc(OC)c1OC. The third kappa shape index (κ3) is 3.01. The molecule has 0 spiro atoms. The quantitative estimate of drug-likeness (QED) is 0.749. The summed E-state index contributed by atoms with van der Waals surface area (Å²) in [5.41, 5.74) is 2.96. The van der Waals surface area contributed by atoms with E-state index >= 15 is 0 Å². The molecule has 1 heterocycles. The zero-order chi connectivity index (χ0) is 18.8. The van der Waals surface area contributed by atoms with Crippen molar-refractivity contribution in [3.63, 3.8) is 0 Å². The minimum absolute atomic E-state index is 0.197. The molecule has 0 radical (unpaired) electrons. The van der Waals surface area contributed by atoms with Crippen molar-refractivity contribution in [1.82, 2.24) is 4.98 Å². The van der Waals surface area contributed by atoms with Gasteiger partial charge in [-0.2, -0.15) is 0 Å². The second-order valence-electron chi connectivity index (χ2n) is 5.79. The molecular weight excluding hydrogens is 334 g/mol. The summed E-state index contributed by atoms with van der Waals surface area (Å²) in [5.74, 6) is 0.416. The lowest BCUT2D eigenvalue weighted by molar-refractivity contribution is 0.0699. The van der Waals surface area contributed by atoms with Crippen LogP contribution in [0.4, 0.5) is 0 Å². The molecule has 0 fully saturated rings. The Hall–Kier alpha value is -3.28. The highest BCUT2D eigenvalue weighted by molar-refractivity contribution is 6.04. The van der Waals surface area contributed by atoms with Gasteiger partial charge in [0.25, 0.3) is 0 Å². The van der Waals surface area contributed by atoms with Crippen LogP contribution in [0.25, 0.3) is 22.2 Å². The van der Waals surface area contributed by atoms with Gasteiger partial charge in [-0.1, -0.05) is 11.6 Å². The van der Waals surface area contributed by atoms with Crippen molar-refractivity contribution in [2.75, 3.05) is 21.3 Å². The molecule has 6 heteroatoms. The molecule has 0 amide bonds. The molecule has 0 saturated carbocycles. The van der Waals surface area contributed by atoms with Gasteiger partial charge in [-0.25, -0.2) is 9.78 Å². The maximum absolute atomic E-state index is 11.8. The molecule has 134 valence electrons. The maximum atomic E-state index is 11.8. The first-order chi connectivity index (χ1) is 12.5. The fourth-order valence-corrected chi connectivity index (χ4v) is 2.89. The smallest absolute Gasteiger partial charge is 0.336 e. The molecule has 26 heavy (non-hydrogen) atoms. The zero-order valence-electron chi connectivity index (χ0n) is 15.0. The van der Waals surface area contributed by atoms with Crippen LogP contribution in [0.2, 0.25) is 0 Å². The van der Waals surface area contributed by atoms with Crippen molar-refractivity contribution in [3.8, 4) is 28.5 Å². The van der Waals surface area contributed by atoms with Crippen molar-refractivity contribution in [1.29, 1.82) is 0 Å². The Labute approximate surface area is 151 Å². The topological polar surface area (TPSA) is 77.9 Å². The largest absolute Gasteiger partial charge is 0.493 e. The Bertz CT molecular complexity index is 972. The molecule has 0 bridgehead atoms. The van der Waals surface area contributed by atoms with Crippen molar-refractivity contribution in [3.05, 3.63) is 47.5 Å². The van der Waals surface area contributed by atoms with Gasteiger partial charge in [0.1, 0.15) is 0 Å². The van der Waals surface area contributed by atoms with E-state index in [1.54, 1.807) is 18.2 Å². The molecule has 3 aromatic rings. The average Bonchev–Trinajstić information content (AvgIpc) is 2.65. The number of hydrogen-bond donors (Lipinski definition) is 1. The summed E-state index contributed by atoms with van der Waals surface area (Å²) in [6.07, 6.45) is 0. The highest BCUT2D eigenvalue weighted by atomic mass is 16.5. The monoisotopic (exact) mass is 353 g/mol. The molecule has 0 aliphatic carbocycles. The number of hydrogen-bond acceptors (Lipinski definition) is 5. The standard InChI is InChI=1S/C20H19NO5/c1-11-5-6-15-13(7-11)14(20(22)23)10-16(21-15)12-8-17(24-2)19(26-4)18(9-12)25-3/h5-10H,1-4H3,(H,22,23). The number of carbonyl (C=O) groups is 1. The predicted octanol–water partition coefficient (Wildman–Crippen LogP) is 3.93. The van der Waals surface area contributed by atoms with Gasteiger partial charge < -0.3 is 19.3 Å². The first-order valence-electron chi connectivity index (χ1n) is 7.93. The van der Waals surface area contributed by atoms with E-state index in [1.807, 2.05) is 25.1 Å². The number of carboxylic acid groups (broad SMARTS) is 1. The van der Waals surface area contributed by atoms with Crippen LogP contribution in [0.15, 0.2) is 36.4 Å². The van der Waals surface area contributed by atoms with E-state index in [-0.39, 0.29) is 5.56 Å². The van der Waals surface area contributed by atoms with Crippen molar-refractivity contribution in [2.24, 2.45) is 0 Å². The maximum Gasteiger partial charge on any atom is 0.336 e. The number of carboxylic acids is 1. The van der Waals surface area contributed by atoms with Gasteiger partial charge >= 0.3 is 5.97 Å². The van der Waals surface area contributed by atoms with Gasteiger partial charge in [-0.05, 0) is 37.3 Å². The van der Waals surface area contributed by atoms with Gasteiger partial charge in [0.2, 0.25) is 5.75 Å². The molecule has 0 atom stereocenters. The summed E-state index contributed by atoms with van der Waals surface area (Å²) in [5, 5.41) is 10.2. The second kappa shape index (κ2) is 6.92. The fraction of sp³-hybridized carbons (Fsp3) is 0.200. The second-order valence-corrected chi connectivity index (χ2v) is 5.79. The molecule has 0 aliphatic rings. The van der Waals surface area contributed by atoms with Gasteiger partial charge in [0, 0.05) is 10.9 Å². The number of aromatic carboxylic acids is 1. The highest BCUT2D eigenvalue weighted by Gasteiger charge is 2.17. The van der Waals surface area contributed by atoms with Crippen LogP contribution in [0.5, 0.6) is 17.2 Å². The molecule has 1 N–H and O–H groups in total. The Morgan fingerprint density at radius 3 is 2.15 bits per heavy atom. The van der Waals surface area contributed by atoms with E-state index in [4.69, 9.17) is 14.2 Å². The van der Waals surface area contributed by atoms with E-state index in [0.717, 1.165) is 5.56 Å². The first-order valence-corrected chi connectivity index (χ1v) is 7.93. The number of benzene rings is 2. The molecule has 3 rings (SSSR count). The van der Waals surface area contributed by atoms with Crippen LogP contribution in [-0.2, 0) is 0 Å². The molecule has 0 saturated heterocycles.